The largest absolute Gasteiger partial charge is 0.468 e. The highest BCUT2D eigenvalue weighted by Crippen LogP contribution is 2.14. The van der Waals surface area contributed by atoms with Crippen LogP contribution >= 0.6 is 11.8 Å². The van der Waals surface area contributed by atoms with Crippen LogP contribution in [0, 0.1) is 6.92 Å². The third-order valence-corrected chi connectivity index (χ3v) is 4.33. The number of carbonyl (C=O) groups excluding carboxylic acids is 1. The number of benzene rings is 1. The Hall–Kier alpha value is -1.68. The van der Waals surface area contributed by atoms with Gasteiger partial charge in [0.1, 0.15) is 5.76 Å². The van der Waals surface area contributed by atoms with Gasteiger partial charge in [-0.1, -0.05) is 36.8 Å². The first-order chi connectivity index (χ1) is 10.7. The predicted molar refractivity (Wildman–Crippen MR) is 91.8 cm³/mol. The van der Waals surface area contributed by atoms with Gasteiger partial charge in [0.2, 0.25) is 5.91 Å². The van der Waals surface area contributed by atoms with E-state index in [0.29, 0.717) is 12.3 Å². The van der Waals surface area contributed by atoms with E-state index in [-0.39, 0.29) is 5.91 Å². The van der Waals surface area contributed by atoms with E-state index >= 15 is 0 Å². The van der Waals surface area contributed by atoms with Gasteiger partial charge >= 0.3 is 0 Å². The zero-order valence-corrected chi connectivity index (χ0v) is 14.1. The summed E-state index contributed by atoms with van der Waals surface area (Å²) in [6, 6.07) is 12.2. The van der Waals surface area contributed by atoms with E-state index in [9.17, 15) is 4.79 Å². The number of rotatable bonds is 8. The van der Waals surface area contributed by atoms with Crippen molar-refractivity contribution in [3.8, 4) is 0 Å². The Morgan fingerprint density at radius 3 is 2.64 bits per heavy atom. The van der Waals surface area contributed by atoms with Gasteiger partial charge in [0.05, 0.1) is 17.8 Å². The molecular formula is C18H23NO2S. The Morgan fingerprint density at radius 1 is 1.23 bits per heavy atom. The topological polar surface area (TPSA) is 33.5 Å². The minimum atomic E-state index is 0.194. The Morgan fingerprint density at radius 2 is 2.00 bits per heavy atom. The van der Waals surface area contributed by atoms with E-state index in [4.69, 9.17) is 4.42 Å². The zero-order chi connectivity index (χ0) is 15.8. The number of amides is 1. The Bertz CT molecular complexity index is 563. The monoisotopic (exact) mass is 317 g/mol. The van der Waals surface area contributed by atoms with Crippen LogP contribution in [0.1, 0.15) is 30.2 Å². The minimum absolute atomic E-state index is 0.194. The molecule has 0 unspecified atom stereocenters. The lowest BCUT2D eigenvalue weighted by molar-refractivity contribution is -0.129. The van der Waals surface area contributed by atoms with Crippen LogP contribution in [0.4, 0.5) is 0 Å². The lowest BCUT2D eigenvalue weighted by Gasteiger charge is -2.22. The molecule has 0 aliphatic heterocycles. The van der Waals surface area contributed by atoms with Gasteiger partial charge in [0.15, 0.2) is 0 Å². The molecule has 0 fully saturated rings. The molecule has 0 N–H and O–H groups in total. The molecule has 0 bridgehead atoms. The highest BCUT2D eigenvalue weighted by atomic mass is 32.2. The molecule has 22 heavy (non-hydrogen) atoms. The molecule has 2 aromatic rings. The molecule has 0 radical (unpaired) electrons. The normalized spacial score (nSPS) is 10.6. The quantitative estimate of drug-likeness (QED) is 0.729. The first-order valence-electron chi connectivity index (χ1n) is 7.62. The molecule has 1 amide bonds. The highest BCUT2D eigenvalue weighted by Gasteiger charge is 2.13. The van der Waals surface area contributed by atoms with Gasteiger partial charge in [-0.15, -0.1) is 11.8 Å². The maximum absolute atomic E-state index is 12.4. The van der Waals surface area contributed by atoms with Crippen molar-refractivity contribution in [1.29, 1.82) is 0 Å². The molecule has 0 aliphatic carbocycles. The molecule has 0 spiro atoms. The second kappa shape index (κ2) is 8.69. The van der Waals surface area contributed by atoms with E-state index in [2.05, 4.69) is 38.1 Å². The van der Waals surface area contributed by atoms with Gasteiger partial charge in [-0.25, -0.2) is 0 Å². The van der Waals surface area contributed by atoms with E-state index < -0.39 is 0 Å². The van der Waals surface area contributed by atoms with Gasteiger partial charge in [-0.05, 0) is 31.0 Å². The summed E-state index contributed by atoms with van der Waals surface area (Å²) in [7, 11) is 0. The summed E-state index contributed by atoms with van der Waals surface area (Å²) < 4.78 is 5.28. The number of hydrogen-bond acceptors (Lipinski definition) is 3. The van der Waals surface area contributed by atoms with Crippen LogP contribution in [0.3, 0.4) is 0 Å². The third-order valence-electron chi connectivity index (χ3n) is 3.39. The number of carbonyl (C=O) groups is 1. The molecule has 0 saturated heterocycles. The van der Waals surface area contributed by atoms with Crippen molar-refractivity contribution >= 4 is 17.7 Å². The Labute approximate surface area is 136 Å². The van der Waals surface area contributed by atoms with E-state index in [1.807, 2.05) is 17.0 Å². The fourth-order valence-corrected chi connectivity index (χ4v) is 3.03. The molecule has 0 aliphatic rings. The van der Waals surface area contributed by atoms with Crippen LogP contribution in [0.5, 0.6) is 0 Å². The van der Waals surface area contributed by atoms with Crippen molar-refractivity contribution in [2.24, 2.45) is 0 Å². The van der Waals surface area contributed by atoms with Crippen LogP contribution in [-0.4, -0.2) is 23.1 Å². The fraction of sp³-hybridized carbons (Fsp3) is 0.389. The van der Waals surface area contributed by atoms with E-state index in [0.717, 1.165) is 24.5 Å². The molecular weight excluding hydrogens is 294 g/mol. The molecule has 0 atom stereocenters. The van der Waals surface area contributed by atoms with Gasteiger partial charge in [0, 0.05) is 13.1 Å². The summed E-state index contributed by atoms with van der Waals surface area (Å²) >= 11 is 1.60. The predicted octanol–water partition coefficient (Wildman–Crippen LogP) is 4.26. The van der Waals surface area contributed by atoms with Crippen LogP contribution < -0.4 is 0 Å². The Balaban J connectivity index is 1.85. The Kier molecular flexibility index (Phi) is 6.59. The zero-order valence-electron chi connectivity index (χ0n) is 13.2. The molecule has 0 saturated carbocycles. The smallest absolute Gasteiger partial charge is 0.232 e. The summed E-state index contributed by atoms with van der Waals surface area (Å²) in [5.41, 5.74) is 2.43. The third kappa shape index (κ3) is 5.26. The van der Waals surface area contributed by atoms with Gasteiger partial charge in [0.25, 0.3) is 0 Å². The lowest BCUT2D eigenvalue weighted by Crippen LogP contribution is -2.32. The molecule has 2 rings (SSSR count). The van der Waals surface area contributed by atoms with Crippen LogP contribution in [-0.2, 0) is 17.1 Å². The average Bonchev–Trinajstić information content (AvgIpc) is 3.02. The summed E-state index contributed by atoms with van der Waals surface area (Å²) in [5, 5.41) is 0. The van der Waals surface area contributed by atoms with Crippen molar-refractivity contribution in [3.63, 3.8) is 0 Å². The summed E-state index contributed by atoms with van der Waals surface area (Å²) in [4.78, 5) is 14.4. The van der Waals surface area contributed by atoms with Crippen molar-refractivity contribution in [2.75, 3.05) is 12.3 Å². The van der Waals surface area contributed by atoms with E-state index in [1.54, 1.807) is 18.0 Å². The van der Waals surface area contributed by atoms with Crippen molar-refractivity contribution in [1.82, 2.24) is 4.90 Å². The number of nitrogens with zero attached hydrogens (tertiary/aromatic N) is 1. The highest BCUT2D eigenvalue weighted by molar-refractivity contribution is 7.99. The SMILES string of the molecule is CCCN(Cc1ccc(C)cc1)C(=O)CSCc1ccco1. The molecule has 1 heterocycles. The van der Waals surface area contributed by atoms with Gasteiger partial charge < -0.3 is 9.32 Å². The summed E-state index contributed by atoms with van der Waals surface area (Å²) in [6.07, 6.45) is 2.64. The maximum atomic E-state index is 12.4. The second-order valence-electron chi connectivity index (χ2n) is 5.37. The van der Waals surface area contributed by atoms with Gasteiger partial charge in [-0.3, -0.25) is 4.79 Å². The second-order valence-corrected chi connectivity index (χ2v) is 6.36. The first kappa shape index (κ1) is 16.7. The average molecular weight is 317 g/mol. The maximum Gasteiger partial charge on any atom is 0.232 e. The number of thioether (sulfide) groups is 1. The molecule has 1 aromatic carbocycles. The van der Waals surface area contributed by atoms with Crippen molar-refractivity contribution in [3.05, 3.63) is 59.5 Å². The fourth-order valence-electron chi connectivity index (χ4n) is 2.20. The lowest BCUT2D eigenvalue weighted by atomic mass is 10.1. The van der Waals surface area contributed by atoms with Crippen LogP contribution in [0.15, 0.2) is 47.1 Å². The standard InChI is InChI=1S/C18H23NO2S/c1-3-10-19(12-16-8-6-15(2)7-9-16)18(20)14-22-13-17-5-4-11-21-17/h4-9,11H,3,10,12-14H2,1-2H3. The number of furan rings is 1. The van der Waals surface area contributed by atoms with Crippen LogP contribution in [0.2, 0.25) is 0 Å². The minimum Gasteiger partial charge on any atom is -0.468 e. The van der Waals surface area contributed by atoms with Gasteiger partial charge in [-0.2, -0.15) is 0 Å². The summed E-state index contributed by atoms with van der Waals surface area (Å²) in [6.45, 7) is 5.66. The molecule has 3 nitrogen and oxygen atoms in total. The molecule has 1 aromatic heterocycles. The van der Waals surface area contributed by atoms with Crippen molar-refractivity contribution in [2.45, 2.75) is 32.6 Å². The summed E-state index contributed by atoms with van der Waals surface area (Å²) in [5.74, 6) is 2.34. The van der Waals surface area contributed by atoms with E-state index in [1.165, 1.54) is 11.1 Å². The first-order valence-corrected chi connectivity index (χ1v) is 8.78. The molecule has 4 heteroatoms. The van der Waals surface area contributed by atoms with Crippen molar-refractivity contribution < 1.29 is 9.21 Å². The molecule has 118 valence electrons. The number of hydrogen-bond donors (Lipinski definition) is 0. The number of aryl methyl sites for hydroxylation is 1. The van der Waals surface area contributed by atoms with Crippen LogP contribution in [0.25, 0.3) is 0 Å².